The Morgan fingerprint density at radius 1 is 0.450 bits per heavy atom. The van der Waals surface area contributed by atoms with Gasteiger partial charge in [-0.1, -0.05) is 225 Å². The molecule has 0 bridgehead atoms. The third-order valence-corrected chi connectivity index (χ3v) is 21.8. The van der Waals surface area contributed by atoms with Crippen LogP contribution >= 0.6 is 0 Å². The molecule has 0 aliphatic carbocycles. The molecule has 60 heavy (non-hydrogen) atoms. The first-order chi connectivity index (χ1) is 32.4. The quantitative estimate of drug-likeness (QED) is 0.121. The maximum absolute atomic E-state index is 10.1. The van der Waals surface area contributed by atoms with Gasteiger partial charge < -0.3 is 4.57 Å². The number of hydrogen-bond donors (Lipinski definition) is 0. The lowest BCUT2D eigenvalue weighted by Gasteiger charge is -2.49. The van der Waals surface area contributed by atoms with E-state index in [0.717, 1.165) is 38.7 Å². The van der Waals surface area contributed by atoms with Gasteiger partial charge in [-0.05, 0) is 76.6 Å². The van der Waals surface area contributed by atoms with Gasteiger partial charge in [-0.2, -0.15) is 0 Å². The van der Waals surface area contributed by atoms with E-state index in [1.54, 1.807) is 0 Å². The second kappa shape index (κ2) is 13.1. The highest BCUT2D eigenvalue weighted by atomic mass is 28.3. The van der Waals surface area contributed by atoms with Gasteiger partial charge in [0.15, 0.2) is 8.07 Å². The lowest BCUT2D eigenvalue weighted by molar-refractivity contribution is 0.732. The topological polar surface area (TPSA) is 4.93 Å². The molecular formula is C57H43NSi2. The molecule has 0 saturated carbocycles. The number of rotatable bonds is 5. The highest BCUT2D eigenvalue weighted by Gasteiger charge is 2.53. The van der Waals surface area contributed by atoms with Gasteiger partial charge >= 0.3 is 0 Å². The number of hydrogen-bond acceptors (Lipinski definition) is 0. The molecule has 1 nitrogen and oxygen atoms in total. The van der Waals surface area contributed by atoms with E-state index < -0.39 is 27.6 Å². The number of para-hydroxylation sites is 2. The average molecular weight is 805 g/mol. The lowest BCUT2D eigenvalue weighted by Crippen LogP contribution is -2.74. The summed E-state index contributed by atoms with van der Waals surface area (Å²) in [4.78, 5) is 0. The third-order valence-electron chi connectivity index (χ3n) is 13.5. The fraction of sp³-hybridized carbons (Fsp3) is 0.0526. The van der Waals surface area contributed by atoms with Crippen molar-refractivity contribution in [3.05, 3.63) is 247 Å². The summed E-state index contributed by atoms with van der Waals surface area (Å²) in [5.41, 5.74) is 5.89. The molecule has 284 valence electrons. The van der Waals surface area contributed by atoms with Gasteiger partial charge in [0.25, 0.3) is 0 Å². The largest absolute Gasteiger partial charge is 0.309 e. The Morgan fingerprint density at radius 2 is 1.00 bits per heavy atom. The number of aromatic nitrogens is 1. The summed E-state index contributed by atoms with van der Waals surface area (Å²) >= 11 is 0. The summed E-state index contributed by atoms with van der Waals surface area (Å²) in [5, 5.41) is 7.44. The highest BCUT2D eigenvalue weighted by Crippen LogP contribution is 2.55. The molecule has 1 spiro atoms. The Bertz CT molecular complexity index is 3610. The molecule has 0 fully saturated rings. The Hall–Kier alpha value is -6.79. The summed E-state index contributed by atoms with van der Waals surface area (Å²) in [6.45, 7) is 4.74. The van der Waals surface area contributed by atoms with E-state index in [0.29, 0.717) is 11.1 Å². The number of nitrogens with zero attached hydrogens (tertiary/aromatic N) is 1. The molecule has 0 saturated heterocycles. The van der Waals surface area contributed by atoms with Crippen LogP contribution < -0.4 is 31.1 Å². The van der Waals surface area contributed by atoms with Crippen LogP contribution in [0.1, 0.15) is 31.8 Å². The normalized spacial score (nSPS) is 16.1. The van der Waals surface area contributed by atoms with Gasteiger partial charge in [0, 0.05) is 10.8 Å². The van der Waals surface area contributed by atoms with Crippen molar-refractivity contribution in [2.24, 2.45) is 0 Å². The maximum Gasteiger partial charge on any atom is 0.179 e. The minimum atomic E-state index is -3.31. The van der Waals surface area contributed by atoms with Gasteiger partial charge in [0.2, 0.25) is 0 Å². The minimum absolute atomic E-state index is 0.0902. The molecule has 0 N–H and O–H groups in total. The van der Waals surface area contributed by atoms with E-state index in [1.165, 1.54) is 25.9 Å². The smallest absolute Gasteiger partial charge is 0.179 e. The van der Waals surface area contributed by atoms with Crippen LogP contribution in [0.4, 0.5) is 0 Å². The first-order valence-electron chi connectivity index (χ1n) is 24.1. The van der Waals surface area contributed by atoms with Gasteiger partial charge in [-0.15, -0.1) is 0 Å². The van der Waals surface area contributed by atoms with Crippen molar-refractivity contribution < 1.29 is 9.60 Å². The zero-order chi connectivity index (χ0) is 46.1. The predicted molar refractivity (Wildman–Crippen MR) is 258 cm³/mol. The van der Waals surface area contributed by atoms with Crippen LogP contribution in [-0.4, -0.2) is 20.7 Å². The fourth-order valence-electron chi connectivity index (χ4n) is 11.0. The molecule has 2 aliphatic rings. The van der Waals surface area contributed by atoms with Crippen molar-refractivity contribution in [1.82, 2.24) is 4.57 Å². The van der Waals surface area contributed by atoms with Crippen LogP contribution in [0.25, 0.3) is 38.6 Å². The Balaban J connectivity index is 1.33. The van der Waals surface area contributed by atoms with Crippen molar-refractivity contribution in [2.45, 2.75) is 18.5 Å². The Kier molecular flexibility index (Phi) is 6.25. The zero-order valence-electron chi connectivity index (χ0n) is 40.3. The standard InChI is InChI=1S/C57H43NSi2/c1-59(2)54-34-16-13-30-49(54)57(50-31-14-17-35-55(50)59)48-37-36-45(39-53(48)58-52-33-15-12-28-46(52)47-29-19-32-51(57)56(47)58)60(42-23-8-4-9-24-42,43-25-10-5-11-26-43)44-27-18-22-41(38-44)40-20-6-3-7-21-40/h3-39H,1-2H3/i12D,15D,19D,28D,29D,32D,33D. The summed E-state index contributed by atoms with van der Waals surface area (Å²) in [6.07, 6.45) is 0. The van der Waals surface area contributed by atoms with E-state index in [9.17, 15) is 6.85 Å². The summed E-state index contributed by atoms with van der Waals surface area (Å²) < 4.78 is 68.5. The van der Waals surface area contributed by atoms with E-state index in [1.807, 2.05) is 10.6 Å². The van der Waals surface area contributed by atoms with E-state index in [-0.39, 0.29) is 52.5 Å². The average Bonchev–Trinajstić information content (AvgIpc) is 3.73. The monoisotopic (exact) mass is 804 g/mol. The van der Waals surface area contributed by atoms with Gasteiger partial charge in [0.05, 0.1) is 31.7 Å². The molecular weight excluding hydrogens is 755 g/mol. The van der Waals surface area contributed by atoms with Crippen LogP contribution in [0.5, 0.6) is 0 Å². The summed E-state index contributed by atoms with van der Waals surface area (Å²) in [7, 11) is -5.71. The van der Waals surface area contributed by atoms with Crippen LogP contribution in [0.2, 0.25) is 13.1 Å². The molecule has 2 aliphatic heterocycles. The van der Waals surface area contributed by atoms with Crippen molar-refractivity contribution in [3.8, 4) is 16.8 Å². The SMILES string of the molecule is [2H]c1c([2H])c([2H])c2c(c1[2H])c1c([2H])c([2H])c([2H])c3c1n2-c1cc([Si](c2ccccc2)(c2ccccc2)c2cccc(-c4ccccc4)c2)ccc1C31c2ccccc2[Si](C)(C)c2ccccc21. The molecule has 0 radical (unpaired) electrons. The van der Waals surface area contributed by atoms with Gasteiger partial charge in [0.1, 0.15) is 8.07 Å². The fourth-order valence-corrected chi connectivity index (χ4v) is 19.0. The van der Waals surface area contributed by atoms with Gasteiger partial charge in [-0.3, -0.25) is 0 Å². The van der Waals surface area contributed by atoms with Crippen molar-refractivity contribution in [2.75, 3.05) is 0 Å². The first-order valence-corrected chi connectivity index (χ1v) is 25.6. The molecule has 3 heterocycles. The molecule has 10 aromatic rings. The van der Waals surface area contributed by atoms with Crippen molar-refractivity contribution in [1.29, 1.82) is 0 Å². The summed E-state index contributed by atoms with van der Waals surface area (Å²) in [5.74, 6) is 0. The molecule has 3 heteroatoms. The number of benzene rings is 9. The second-order valence-corrected chi connectivity index (χ2v) is 24.8. The van der Waals surface area contributed by atoms with E-state index in [4.69, 9.17) is 2.74 Å². The predicted octanol–water partition coefficient (Wildman–Crippen LogP) is 9.66. The molecule has 0 atom stereocenters. The molecule has 1 aromatic heterocycles. The second-order valence-electron chi connectivity index (χ2n) is 16.7. The molecule has 0 amide bonds. The lowest BCUT2D eigenvalue weighted by atomic mass is 9.62. The van der Waals surface area contributed by atoms with E-state index >= 15 is 0 Å². The van der Waals surface area contributed by atoms with Crippen LogP contribution in [0.3, 0.4) is 0 Å². The zero-order valence-corrected chi connectivity index (χ0v) is 35.3. The first kappa shape index (κ1) is 28.6. The van der Waals surface area contributed by atoms with Crippen LogP contribution in [0, 0.1) is 0 Å². The van der Waals surface area contributed by atoms with Crippen LogP contribution in [-0.2, 0) is 5.41 Å². The third kappa shape index (κ3) is 4.62. The minimum Gasteiger partial charge on any atom is -0.309 e. The Labute approximate surface area is 363 Å². The molecule has 12 rings (SSSR count). The highest BCUT2D eigenvalue weighted by molar-refractivity contribution is 7.20. The number of fused-ring (bicyclic) bond motifs is 11. The van der Waals surface area contributed by atoms with E-state index in [2.05, 4.69) is 189 Å². The van der Waals surface area contributed by atoms with Crippen molar-refractivity contribution >= 4 is 69.1 Å². The molecule has 0 unspecified atom stereocenters. The van der Waals surface area contributed by atoms with Crippen LogP contribution in [0.15, 0.2) is 224 Å². The maximum atomic E-state index is 10.1. The molecule has 9 aromatic carbocycles. The summed E-state index contributed by atoms with van der Waals surface area (Å²) in [6, 6.07) is 62.8. The van der Waals surface area contributed by atoms with Gasteiger partial charge in [-0.25, -0.2) is 0 Å². The van der Waals surface area contributed by atoms with Crippen molar-refractivity contribution in [3.63, 3.8) is 0 Å². The Morgan fingerprint density at radius 3 is 1.68 bits per heavy atom.